The van der Waals surface area contributed by atoms with Crippen molar-refractivity contribution in [3.8, 4) is 0 Å². The van der Waals surface area contributed by atoms with Crippen molar-refractivity contribution in [3.63, 3.8) is 0 Å². The average Bonchev–Trinajstić information content (AvgIpc) is 2.40. The van der Waals surface area contributed by atoms with Crippen LogP contribution in [0.4, 0.5) is 11.4 Å². The van der Waals surface area contributed by atoms with Gasteiger partial charge in [0.25, 0.3) is 0 Å². The van der Waals surface area contributed by atoms with Crippen molar-refractivity contribution in [1.82, 2.24) is 0 Å². The van der Waals surface area contributed by atoms with E-state index in [0.717, 1.165) is 11.3 Å². The molecule has 0 radical (unpaired) electrons. The number of likely N-dealkylation sites (N-methyl/N-ethyl adjacent to an activating group) is 1. The number of amides is 1. The highest BCUT2D eigenvalue weighted by Gasteiger charge is 2.43. The summed E-state index contributed by atoms with van der Waals surface area (Å²) in [5.74, 6) is 0.0626. The normalized spacial score (nSPS) is 17.5. The molecule has 0 N–H and O–H groups in total. The number of rotatable bonds is 0. The third-order valence-electron chi connectivity index (χ3n) is 2.97. The molecule has 0 aliphatic carbocycles. The van der Waals surface area contributed by atoms with Crippen LogP contribution in [0.1, 0.15) is 19.4 Å². The van der Waals surface area contributed by atoms with Gasteiger partial charge in [-0.05, 0) is 25.5 Å². The SMILES string of the molecule is CN1C(=O)C(C)(C)c2cc([N+]#N)ccc21. The van der Waals surface area contributed by atoms with Crippen LogP contribution in [0.5, 0.6) is 0 Å². The largest absolute Gasteiger partial charge is 0.385 e. The van der Waals surface area contributed by atoms with Gasteiger partial charge in [0, 0.05) is 24.9 Å². The zero-order valence-electron chi connectivity index (χ0n) is 8.98. The Labute approximate surface area is 88.1 Å². The maximum Gasteiger partial charge on any atom is 0.385 e. The molecule has 0 bridgehead atoms. The highest BCUT2D eigenvalue weighted by molar-refractivity contribution is 6.07. The van der Waals surface area contributed by atoms with Gasteiger partial charge in [0.2, 0.25) is 11.3 Å². The van der Waals surface area contributed by atoms with Crippen LogP contribution < -0.4 is 4.90 Å². The minimum atomic E-state index is -0.537. The van der Waals surface area contributed by atoms with E-state index >= 15 is 0 Å². The van der Waals surface area contributed by atoms with E-state index in [1.807, 2.05) is 13.8 Å². The van der Waals surface area contributed by atoms with Crippen LogP contribution in [0.2, 0.25) is 0 Å². The Hall–Kier alpha value is -1.89. The predicted octanol–water partition coefficient (Wildman–Crippen LogP) is 2.43. The number of nitrogens with zero attached hydrogens (tertiary/aromatic N) is 3. The molecule has 0 unspecified atom stereocenters. The highest BCUT2D eigenvalue weighted by Crippen LogP contribution is 2.42. The first-order valence-electron chi connectivity index (χ1n) is 4.76. The van der Waals surface area contributed by atoms with Gasteiger partial charge in [0.05, 0.1) is 5.41 Å². The summed E-state index contributed by atoms with van der Waals surface area (Å²) in [6.07, 6.45) is 0. The molecule has 1 aromatic rings. The van der Waals surface area contributed by atoms with E-state index in [-0.39, 0.29) is 5.91 Å². The van der Waals surface area contributed by atoms with Crippen LogP contribution in [-0.4, -0.2) is 13.0 Å². The van der Waals surface area contributed by atoms with Crippen LogP contribution in [-0.2, 0) is 10.2 Å². The molecule has 0 saturated heterocycles. The molecule has 0 fully saturated rings. The molecule has 0 aromatic heterocycles. The van der Waals surface area contributed by atoms with Gasteiger partial charge in [-0.1, -0.05) is 0 Å². The van der Waals surface area contributed by atoms with E-state index in [2.05, 4.69) is 4.98 Å². The Balaban J connectivity index is 2.69. The Bertz CT molecular complexity index is 485. The van der Waals surface area contributed by atoms with E-state index in [4.69, 9.17) is 5.39 Å². The molecule has 4 heteroatoms. The van der Waals surface area contributed by atoms with Gasteiger partial charge in [0.15, 0.2) is 4.98 Å². The summed E-state index contributed by atoms with van der Waals surface area (Å²) in [5, 5.41) is 8.70. The zero-order chi connectivity index (χ0) is 11.2. The van der Waals surface area contributed by atoms with Gasteiger partial charge < -0.3 is 4.90 Å². The Morgan fingerprint density at radius 2 is 2.07 bits per heavy atom. The molecule has 15 heavy (non-hydrogen) atoms. The zero-order valence-corrected chi connectivity index (χ0v) is 8.98. The average molecular weight is 202 g/mol. The number of anilines is 1. The van der Waals surface area contributed by atoms with E-state index in [1.165, 1.54) is 0 Å². The summed E-state index contributed by atoms with van der Waals surface area (Å²) in [6, 6.07) is 5.23. The van der Waals surface area contributed by atoms with Crippen LogP contribution in [0.25, 0.3) is 4.98 Å². The highest BCUT2D eigenvalue weighted by atomic mass is 16.2. The summed E-state index contributed by atoms with van der Waals surface area (Å²) >= 11 is 0. The number of hydrogen-bond donors (Lipinski definition) is 0. The fourth-order valence-electron chi connectivity index (χ4n) is 2.02. The quantitative estimate of drug-likeness (QED) is 0.606. The molecular weight excluding hydrogens is 190 g/mol. The lowest BCUT2D eigenvalue weighted by molar-refractivity contribution is -0.121. The van der Waals surface area contributed by atoms with Crippen molar-refractivity contribution >= 4 is 17.3 Å². The van der Waals surface area contributed by atoms with Crippen LogP contribution in [0, 0.1) is 5.39 Å². The van der Waals surface area contributed by atoms with Crippen LogP contribution in [0.3, 0.4) is 0 Å². The molecule has 1 aliphatic rings. The van der Waals surface area contributed by atoms with Crippen molar-refractivity contribution in [2.45, 2.75) is 19.3 Å². The van der Waals surface area contributed by atoms with Gasteiger partial charge in [-0.3, -0.25) is 4.79 Å². The number of diazo groups is 1. The van der Waals surface area contributed by atoms with Crippen molar-refractivity contribution in [2.75, 3.05) is 11.9 Å². The molecule has 1 heterocycles. The summed E-state index contributed by atoms with van der Waals surface area (Å²) in [5.41, 5.74) is 1.73. The number of carbonyl (C=O) groups is 1. The molecule has 4 nitrogen and oxygen atoms in total. The van der Waals surface area contributed by atoms with E-state index in [0.29, 0.717) is 5.69 Å². The second-order valence-electron chi connectivity index (χ2n) is 4.29. The maximum atomic E-state index is 11.9. The molecule has 76 valence electrons. The molecule has 0 saturated carbocycles. The van der Waals surface area contributed by atoms with Crippen molar-refractivity contribution in [3.05, 3.63) is 28.7 Å². The fraction of sp³-hybridized carbons (Fsp3) is 0.364. The summed E-state index contributed by atoms with van der Waals surface area (Å²) in [6.45, 7) is 3.75. The lowest BCUT2D eigenvalue weighted by Gasteiger charge is -2.15. The van der Waals surface area contributed by atoms with E-state index in [9.17, 15) is 4.79 Å². The number of carbonyl (C=O) groups excluding carboxylic acids is 1. The first kappa shape index (κ1) is 9.66. The smallest absolute Gasteiger partial charge is 0.314 e. The number of hydrogen-bond acceptors (Lipinski definition) is 2. The second kappa shape index (κ2) is 2.80. The standard InChI is InChI=1S/C11H12N3O/c1-11(2)8-6-7(13-12)4-5-9(8)14(3)10(11)15/h4-6H,1-3H3/q+1. The molecule has 2 rings (SSSR count). The maximum absolute atomic E-state index is 11.9. The van der Waals surface area contributed by atoms with Gasteiger partial charge in [-0.25, -0.2) is 0 Å². The topological polar surface area (TPSA) is 48.5 Å². The third kappa shape index (κ3) is 1.13. The van der Waals surface area contributed by atoms with Crippen LogP contribution >= 0.6 is 0 Å². The number of benzene rings is 1. The van der Waals surface area contributed by atoms with Crippen molar-refractivity contribution in [2.24, 2.45) is 0 Å². The number of fused-ring (bicyclic) bond motifs is 1. The monoisotopic (exact) mass is 202 g/mol. The second-order valence-corrected chi connectivity index (χ2v) is 4.29. The van der Waals surface area contributed by atoms with Gasteiger partial charge >= 0.3 is 5.69 Å². The van der Waals surface area contributed by atoms with Crippen molar-refractivity contribution < 1.29 is 4.79 Å². The Morgan fingerprint density at radius 1 is 1.40 bits per heavy atom. The molecule has 0 atom stereocenters. The van der Waals surface area contributed by atoms with Crippen LogP contribution in [0.15, 0.2) is 18.2 Å². The summed E-state index contributed by atoms with van der Waals surface area (Å²) < 4.78 is 0. The fourth-order valence-corrected chi connectivity index (χ4v) is 2.02. The third-order valence-corrected chi connectivity index (χ3v) is 2.97. The van der Waals surface area contributed by atoms with Gasteiger partial charge in [0.1, 0.15) is 0 Å². The Morgan fingerprint density at radius 3 is 2.67 bits per heavy atom. The molecule has 1 amide bonds. The van der Waals surface area contributed by atoms with Gasteiger partial charge in [-0.15, -0.1) is 0 Å². The van der Waals surface area contributed by atoms with Crippen molar-refractivity contribution in [1.29, 1.82) is 5.39 Å². The first-order chi connectivity index (χ1) is 6.98. The summed E-state index contributed by atoms with van der Waals surface area (Å²) in [7, 11) is 1.76. The lowest BCUT2D eigenvalue weighted by Crippen LogP contribution is -2.33. The molecule has 1 aromatic carbocycles. The first-order valence-corrected chi connectivity index (χ1v) is 4.76. The molecule has 0 spiro atoms. The lowest BCUT2D eigenvalue weighted by atomic mass is 9.86. The minimum Gasteiger partial charge on any atom is -0.314 e. The molecular formula is C11H12N3O+. The molecule has 1 aliphatic heterocycles. The predicted molar refractivity (Wildman–Crippen MR) is 57.6 cm³/mol. The van der Waals surface area contributed by atoms with E-state index < -0.39 is 5.41 Å². The summed E-state index contributed by atoms with van der Waals surface area (Å²) in [4.78, 5) is 16.7. The minimum absolute atomic E-state index is 0.0626. The van der Waals surface area contributed by atoms with E-state index in [1.54, 1.807) is 30.1 Å². The Kier molecular flexibility index (Phi) is 1.80. The van der Waals surface area contributed by atoms with Gasteiger partial charge in [-0.2, -0.15) is 0 Å².